The fourth-order valence-corrected chi connectivity index (χ4v) is 3.60. The highest BCUT2D eigenvalue weighted by Gasteiger charge is 2.29. The lowest BCUT2D eigenvalue weighted by Crippen LogP contribution is -2.39. The molecule has 6 heteroatoms. The Balaban J connectivity index is 1.50. The summed E-state index contributed by atoms with van der Waals surface area (Å²) in [6, 6.07) is 15.3. The van der Waals surface area contributed by atoms with Crippen LogP contribution in [0.4, 0.5) is 0 Å². The molecule has 3 aromatic rings. The summed E-state index contributed by atoms with van der Waals surface area (Å²) in [6.07, 6.45) is 1.84. The molecule has 1 aliphatic heterocycles. The zero-order valence-electron chi connectivity index (χ0n) is 16.1. The van der Waals surface area contributed by atoms with Crippen molar-refractivity contribution in [2.75, 3.05) is 20.2 Å². The van der Waals surface area contributed by atoms with Crippen LogP contribution in [-0.4, -0.2) is 41.1 Å². The van der Waals surface area contributed by atoms with Crippen molar-refractivity contribution in [3.8, 4) is 17.1 Å². The number of hydrogen-bond donors (Lipinski definition) is 0. The van der Waals surface area contributed by atoms with Gasteiger partial charge < -0.3 is 14.2 Å². The highest BCUT2D eigenvalue weighted by molar-refractivity contribution is 5.94. The smallest absolute Gasteiger partial charge is 0.253 e. The molecular formula is C22H23N3O3. The quantitative estimate of drug-likeness (QED) is 0.685. The SMILES string of the molecule is COc1cccc(-c2noc([C@H]3CCCN(C(=O)c4cccc(C)c4)C3)n2)c1. The Hall–Kier alpha value is -3.15. The first-order valence-corrected chi connectivity index (χ1v) is 9.48. The van der Waals surface area contributed by atoms with Crippen LogP contribution in [0.25, 0.3) is 11.4 Å². The number of piperidine rings is 1. The highest BCUT2D eigenvalue weighted by atomic mass is 16.5. The Labute approximate surface area is 164 Å². The summed E-state index contributed by atoms with van der Waals surface area (Å²) in [6.45, 7) is 3.33. The number of aromatic nitrogens is 2. The third-order valence-electron chi connectivity index (χ3n) is 5.09. The number of carbonyl (C=O) groups is 1. The van der Waals surface area contributed by atoms with Crippen molar-refractivity contribution in [2.24, 2.45) is 0 Å². The summed E-state index contributed by atoms with van der Waals surface area (Å²) in [4.78, 5) is 19.3. The fraction of sp³-hybridized carbons (Fsp3) is 0.318. The third-order valence-corrected chi connectivity index (χ3v) is 5.09. The summed E-state index contributed by atoms with van der Waals surface area (Å²) >= 11 is 0. The minimum Gasteiger partial charge on any atom is -0.497 e. The van der Waals surface area contributed by atoms with Crippen LogP contribution in [-0.2, 0) is 0 Å². The van der Waals surface area contributed by atoms with E-state index in [1.54, 1.807) is 7.11 Å². The maximum absolute atomic E-state index is 12.9. The van der Waals surface area contributed by atoms with Crippen LogP contribution < -0.4 is 4.74 Å². The second-order valence-electron chi connectivity index (χ2n) is 7.15. The first-order valence-electron chi connectivity index (χ1n) is 9.48. The molecule has 1 atom stereocenters. The molecule has 1 saturated heterocycles. The predicted octanol–water partition coefficient (Wildman–Crippen LogP) is 4.07. The van der Waals surface area contributed by atoms with Gasteiger partial charge in [0.05, 0.1) is 13.0 Å². The number of rotatable bonds is 4. The second kappa shape index (κ2) is 7.84. The van der Waals surface area contributed by atoms with Crippen LogP contribution in [0.5, 0.6) is 5.75 Å². The molecule has 0 saturated carbocycles. The van der Waals surface area contributed by atoms with Gasteiger partial charge >= 0.3 is 0 Å². The molecule has 6 nitrogen and oxygen atoms in total. The topological polar surface area (TPSA) is 68.5 Å². The number of aryl methyl sites for hydroxylation is 1. The van der Waals surface area contributed by atoms with E-state index in [0.29, 0.717) is 18.3 Å². The van der Waals surface area contributed by atoms with Crippen LogP contribution in [0.3, 0.4) is 0 Å². The van der Waals surface area contributed by atoms with Crippen molar-refractivity contribution in [1.82, 2.24) is 15.0 Å². The monoisotopic (exact) mass is 377 g/mol. The first kappa shape index (κ1) is 18.2. The molecule has 1 aliphatic rings. The van der Waals surface area contributed by atoms with Crippen LogP contribution >= 0.6 is 0 Å². The van der Waals surface area contributed by atoms with E-state index in [0.717, 1.165) is 41.8 Å². The van der Waals surface area contributed by atoms with Crippen molar-refractivity contribution in [3.05, 3.63) is 65.5 Å². The summed E-state index contributed by atoms with van der Waals surface area (Å²) in [5.41, 5.74) is 2.65. The maximum atomic E-state index is 12.9. The molecule has 0 radical (unpaired) electrons. The van der Waals surface area contributed by atoms with Crippen molar-refractivity contribution in [3.63, 3.8) is 0 Å². The number of likely N-dealkylation sites (tertiary alicyclic amines) is 1. The number of benzene rings is 2. The van der Waals surface area contributed by atoms with Gasteiger partial charge in [-0.05, 0) is 44.0 Å². The molecule has 1 fully saturated rings. The van der Waals surface area contributed by atoms with Gasteiger partial charge in [-0.15, -0.1) is 0 Å². The highest BCUT2D eigenvalue weighted by Crippen LogP contribution is 2.29. The van der Waals surface area contributed by atoms with E-state index in [1.165, 1.54) is 0 Å². The minimum atomic E-state index is 0.0503. The van der Waals surface area contributed by atoms with Crippen LogP contribution in [0.2, 0.25) is 0 Å². The number of ether oxygens (including phenoxy) is 1. The van der Waals surface area contributed by atoms with E-state index in [2.05, 4.69) is 10.1 Å². The van der Waals surface area contributed by atoms with Crippen LogP contribution in [0, 0.1) is 6.92 Å². The maximum Gasteiger partial charge on any atom is 0.253 e. The van der Waals surface area contributed by atoms with Gasteiger partial charge in [-0.2, -0.15) is 4.98 Å². The number of nitrogens with zero attached hydrogens (tertiary/aromatic N) is 3. The summed E-state index contributed by atoms with van der Waals surface area (Å²) in [7, 11) is 1.63. The normalized spacial score (nSPS) is 16.8. The van der Waals surface area contributed by atoms with Gasteiger partial charge in [0.15, 0.2) is 0 Å². The predicted molar refractivity (Wildman–Crippen MR) is 105 cm³/mol. The molecule has 1 amide bonds. The van der Waals surface area contributed by atoms with Gasteiger partial charge in [-0.25, -0.2) is 0 Å². The lowest BCUT2D eigenvalue weighted by Gasteiger charge is -2.31. The number of hydrogen-bond acceptors (Lipinski definition) is 5. The zero-order chi connectivity index (χ0) is 19.5. The third kappa shape index (κ3) is 3.76. The molecular weight excluding hydrogens is 354 g/mol. The van der Waals surface area contributed by atoms with Crippen LogP contribution in [0.15, 0.2) is 53.1 Å². The molecule has 2 heterocycles. The second-order valence-corrected chi connectivity index (χ2v) is 7.15. The molecule has 0 bridgehead atoms. The van der Waals surface area contributed by atoms with E-state index in [4.69, 9.17) is 9.26 Å². The summed E-state index contributed by atoms with van der Waals surface area (Å²) in [5.74, 6) is 1.97. The molecule has 2 aromatic carbocycles. The average molecular weight is 377 g/mol. The van der Waals surface area contributed by atoms with Crippen molar-refractivity contribution >= 4 is 5.91 Å². The Kier molecular flexibility index (Phi) is 5.10. The van der Waals surface area contributed by atoms with Crippen molar-refractivity contribution in [2.45, 2.75) is 25.7 Å². The molecule has 0 aliphatic carbocycles. The molecule has 28 heavy (non-hydrogen) atoms. The molecule has 1 aromatic heterocycles. The Morgan fingerprint density at radius 3 is 2.89 bits per heavy atom. The Morgan fingerprint density at radius 1 is 1.21 bits per heavy atom. The number of methoxy groups -OCH3 is 1. The zero-order valence-corrected chi connectivity index (χ0v) is 16.1. The van der Waals surface area contributed by atoms with Gasteiger partial charge in [-0.3, -0.25) is 4.79 Å². The van der Waals surface area contributed by atoms with Gasteiger partial charge in [0.25, 0.3) is 5.91 Å². The van der Waals surface area contributed by atoms with Gasteiger partial charge in [0.1, 0.15) is 5.75 Å². The van der Waals surface area contributed by atoms with Crippen LogP contribution in [0.1, 0.15) is 40.6 Å². The van der Waals surface area contributed by atoms with Gasteiger partial charge in [-0.1, -0.05) is 35.0 Å². The van der Waals surface area contributed by atoms with Gasteiger partial charge in [0.2, 0.25) is 11.7 Å². The number of amides is 1. The standard InChI is InChI=1S/C22H23N3O3/c1-15-6-3-8-17(12-15)22(26)25-11-5-9-18(14-25)21-23-20(24-28-21)16-7-4-10-19(13-16)27-2/h3-4,6-8,10,12-13,18H,5,9,11,14H2,1-2H3/t18-/m0/s1. The average Bonchev–Trinajstić information content (AvgIpc) is 3.24. The first-order chi connectivity index (χ1) is 13.6. The Morgan fingerprint density at radius 2 is 2.07 bits per heavy atom. The fourth-order valence-electron chi connectivity index (χ4n) is 3.60. The van der Waals surface area contributed by atoms with E-state index in [9.17, 15) is 4.79 Å². The molecule has 4 rings (SSSR count). The summed E-state index contributed by atoms with van der Waals surface area (Å²) in [5, 5.41) is 4.13. The van der Waals surface area contributed by atoms with E-state index in [1.807, 2.05) is 60.4 Å². The molecule has 0 spiro atoms. The van der Waals surface area contributed by atoms with E-state index < -0.39 is 0 Å². The largest absolute Gasteiger partial charge is 0.497 e. The lowest BCUT2D eigenvalue weighted by molar-refractivity contribution is 0.0695. The molecule has 0 N–H and O–H groups in total. The van der Waals surface area contributed by atoms with Gasteiger partial charge in [0, 0.05) is 24.2 Å². The van der Waals surface area contributed by atoms with E-state index >= 15 is 0 Å². The molecule has 144 valence electrons. The van der Waals surface area contributed by atoms with E-state index in [-0.39, 0.29) is 11.8 Å². The van der Waals surface area contributed by atoms with Crippen molar-refractivity contribution in [1.29, 1.82) is 0 Å². The van der Waals surface area contributed by atoms with Crippen molar-refractivity contribution < 1.29 is 14.1 Å². The minimum absolute atomic E-state index is 0.0503. The summed E-state index contributed by atoms with van der Waals surface area (Å²) < 4.78 is 10.8. The number of carbonyl (C=O) groups excluding carboxylic acids is 1. The molecule has 0 unspecified atom stereocenters. The Bertz CT molecular complexity index is 982. The lowest BCUT2D eigenvalue weighted by atomic mass is 9.97.